The molecule has 1 aliphatic carbocycles. The summed E-state index contributed by atoms with van der Waals surface area (Å²) in [5.41, 5.74) is 1.13. The van der Waals surface area contributed by atoms with E-state index in [-0.39, 0.29) is 0 Å². The van der Waals surface area contributed by atoms with Crippen LogP contribution in [0.15, 0.2) is 24.3 Å². The summed E-state index contributed by atoms with van der Waals surface area (Å²) in [6.07, 6.45) is 3.99. The summed E-state index contributed by atoms with van der Waals surface area (Å²) in [6.45, 7) is 7.01. The molecule has 0 aliphatic heterocycles. The van der Waals surface area contributed by atoms with E-state index in [1.54, 1.807) is 0 Å². The Kier molecular flexibility index (Phi) is 4.08. The van der Waals surface area contributed by atoms with Gasteiger partial charge in [0, 0.05) is 6.04 Å². The van der Waals surface area contributed by atoms with Gasteiger partial charge in [-0.05, 0) is 50.2 Å². The largest absolute Gasteiger partial charge is 0.305 e. The minimum atomic E-state index is 0.356. The highest BCUT2D eigenvalue weighted by Crippen LogP contribution is 2.31. The number of nitrogens with one attached hydrogen (secondary N) is 1. The van der Waals surface area contributed by atoms with Gasteiger partial charge in [0.1, 0.15) is 5.01 Å². The van der Waals surface area contributed by atoms with Crippen LogP contribution in [0.3, 0.4) is 0 Å². The maximum absolute atomic E-state index is 4.77. The first-order chi connectivity index (χ1) is 9.61. The fourth-order valence-electron chi connectivity index (χ4n) is 3.58. The number of benzene rings is 1. The zero-order valence-electron chi connectivity index (χ0n) is 12.6. The molecule has 0 spiro atoms. The third kappa shape index (κ3) is 3.04. The summed E-state index contributed by atoms with van der Waals surface area (Å²) in [5, 5.41) is 5.02. The van der Waals surface area contributed by atoms with Crippen LogP contribution >= 0.6 is 11.3 Å². The monoisotopic (exact) mass is 288 g/mol. The van der Waals surface area contributed by atoms with Gasteiger partial charge >= 0.3 is 0 Å². The SMILES string of the molecule is CC1CC(C)CC(NC(C)c2nc3ccccc3s2)C1. The van der Waals surface area contributed by atoms with Crippen molar-refractivity contribution in [3.63, 3.8) is 0 Å². The molecule has 3 heteroatoms. The molecule has 1 saturated carbocycles. The van der Waals surface area contributed by atoms with Gasteiger partial charge in [-0.15, -0.1) is 11.3 Å². The predicted octanol–water partition coefficient (Wildman–Crippen LogP) is 4.77. The summed E-state index contributed by atoms with van der Waals surface area (Å²) < 4.78 is 1.29. The molecule has 0 saturated heterocycles. The van der Waals surface area contributed by atoms with Gasteiger partial charge in [-0.1, -0.05) is 26.0 Å². The number of rotatable bonds is 3. The number of thiazole rings is 1. The molecule has 0 bridgehead atoms. The van der Waals surface area contributed by atoms with E-state index in [2.05, 4.69) is 50.4 Å². The second-order valence-corrected chi connectivity index (χ2v) is 7.58. The topological polar surface area (TPSA) is 24.9 Å². The molecule has 20 heavy (non-hydrogen) atoms. The predicted molar refractivity (Wildman–Crippen MR) is 87.1 cm³/mol. The molecule has 0 radical (unpaired) electrons. The van der Waals surface area contributed by atoms with E-state index < -0.39 is 0 Å². The Morgan fingerprint density at radius 3 is 2.55 bits per heavy atom. The van der Waals surface area contributed by atoms with Crippen molar-refractivity contribution in [2.75, 3.05) is 0 Å². The Morgan fingerprint density at radius 1 is 1.15 bits per heavy atom. The molecule has 2 nitrogen and oxygen atoms in total. The van der Waals surface area contributed by atoms with E-state index in [0.29, 0.717) is 12.1 Å². The molecule has 1 aliphatic rings. The zero-order valence-corrected chi connectivity index (χ0v) is 13.4. The zero-order chi connectivity index (χ0) is 14.1. The number of hydrogen-bond donors (Lipinski definition) is 1. The van der Waals surface area contributed by atoms with Gasteiger partial charge in [-0.25, -0.2) is 4.98 Å². The van der Waals surface area contributed by atoms with Crippen LogP contribution in [0.2, 0.25) is 0 Å². The molecule has 1 heterocycles. The minimum absolute atomic E-state index is 0.356. The molecule has 3 unspecified atom stereocenters. The van der Waals surface area contributed by atoms with Crippen molar-refractivity contribution in [2.24, 2.45) is 11.8 Å². The van der Waals surface area contributed by atoms with Crippen molar-refractivity contribution >= 4 is 21.6 Å². The van der Waals surface area contributed by atoms with Crippen molar-refractivity contribution in [3.8, 4) is 0 Å². The van der Waals surface area contributed by atoms with Gasteiger partial charge in [0.2, 0.25) is 0 Å². The standard InChI is InChI=1S/C17H24N2S/c1-11-8-12(2)10-14(9-11)18-13(3)17-19-15-6-4-5-7-16(15)20-17/h4-7,11-14,18H,8-10H2,1-3H3. The highest BCUT2D eigenvalue weighted by Gasteiger charge is 2.25. The first kappa shape index (κ1) is 14.0. The molecular weight excluding hydrogens is 264 g/mol. The van der Waals surface area contributed by atoms with Crippen molar-refractivity contribution in [1.82, 2.24) is 10.3 Å². The third-order valence-electron chi connectivity index (χ3n) is 4.35. The second-order valence-electron chi connectivity index (χ2n) is 6.52. The minimum Gasteiger partial charge on any atom is -0.305 e. The average Bonchev–Trinajstić information content (AvgIpc) is 2.81. The van der Waals surface area contributed by atoms with Crippen LogP contribution in [0.5, 0.6) is 0 Å². The maximum atomic E-state index is 4.77. The van der Waals surface area contributed by atoms with Gasteiger partial charge in [0.25, 0.3) is 0 Å². The summed E-state index contributed by atoms with van der Waals surface area (Å²) in [7, 11) is 0. The molecule has 108 valence electrons. The van der Waals surface area contributed by atoms with E-state index >= 15 is 0 Å². The molecule has 3 atom stereocenters. The summed E-state index contributed by atoms with van der Waals surface area (Å²) in [5.74, 6) is 1.69. The molecule has 2 aromatic rings. The lowest BCUT2D eigenvalue weighted by Crippen LogP contribution is -2.37. The number of para-hydroxylation sites is 1. The smallest absolute Gasteiger partial charge is 0.111 e. The second kappa shape index (κ2) is 5.82. The lowest BCUT2D eigenvalue weighted by atomic mass is 9.80. The first-order valence-electron chi connectivity index (χ1n) is 7.73. The van der Waals surface area contributed by atoms with E-state index in [0.717, 1.165) is 17.4 Å². The summed E-state index contributed by atoms with van der Waals surface area (Å²) in [4.78, 5) is 4.77. The quantitative estimate of drug-likeness (QED) is 0.880. The number of hydrogen-bond acceptors (Lipinski definition) is 3. The van der Waals surface area contributed by atoms with Gasteiger partial charge < -0.3 is 5.32 Å². The summed E-state index contributed by atoms with van der Waals surface area (Å²) in [6, 6.07) is 9.42. The van der Waals surface area contributed by atoms with Gasteiger partial charge in [0.15, 0.2) is 0 Å². The molecule has 1 aromatic carbocycles. The highest BCUT2D eigenvalue weighted by molar-refractivity contribution is 7.18. The Hall–Kier alpha value is -0.930. The average molecular weight is 288 g/mol. The Morgan fingerprint density at radius 2 is 1.85 bits per heavy atom. The van der Waals surface area contributed by atoms with Crippen LogP contribution in [0.4, 0.5) is 0 Å². The number of nitrogens with zero attached hydrogens (tertiary/aromatic N) is 1. The van der Waals surface area contributed by atoms with Crippen molar-refractivity contribution in [2.45, 2.75) is 52.1 Å². The van der Waals surface area contributed by atoms with Crippen molar-refractivity contribution in [1.29, 1.82) is 0 Å². The molecule has 1 N–H and O–H groups in total. The lowest BCUT2D eigenvalue weighted by molar-refractivity contribution is 0.228. The molecule has 3 rings (SSSR count). The van der Waals surface area contributed by atoms with Crippen LogP contribution in [0, 0.1) is 11.8 Å². The Labute approximate surface area is 125 Å². The Bertz CT molecular complexity index is 534. The summed E-state index contributed by atoms with van der Waals surface area (Å²) >= 11 is 1.82. The van der Waals surface area contributed by atoms with E-state index in [1.165, 1.54) is 29.0 Å². The Balaban J connectivity index is 1.70. The van der Waals surface area contributed by atoms with Crippen LogP contribution in [-0.4, -0.2) is 11.0 Å². The van der Waals surface area contributed by atoms with E-state index in [1.807, 2.05) is 11.3 Å². The first-order valence-corrected chi connectivity index (χ1v) is 8.55. The lowest BCUT2D eigenvalue weighted by Gasteiger charge is -2.33. The number of aromatic nitrogens is 1. The van der Waals surface area contributed by atoms with Crippen LogP contribution < -0.4 is 5.32 Å². The number of fused-ring (bicyclic) bond motifs is 1. The van der Waals surface area contributed by atoms with Crippen molar-refractivity contribution < 1.29 is 0 Å². The molecular formula is C17H24N2S. The van der Waals surface area contributed by atoms with Crippen LogP contribution in [0.1, 0.15) is 51.1 Å². The van der Waals surface area contributed by atoms with Gasteiger partial charge in [0.05, 0.1) is 16.3 Å². The van der Waals surface area contributed by atoms with E-state index in [9.17, 15) is 0 Å². The van der Waals surface area contributed by atoms with E-state index in [4.69, 9.17) is 4.98 Å². The fourth-order valence-corrected chi connectivity index (χ4v) is 4.56. The fraction of sp³-hybridized carbons (Fsp3) is 0.588. The van der Waals surface area contributed by atoms with Crippen LogP contribution in [0.25, 0.3) is 10.2 Å². The maximum Gasteiger partial charge on any atom is 0.111 e. The van der Waals surface area contributed by atoms with Gasteiger partial charge in [-0.2, -0.15) is 0 Å². The molecule has 1 fully saturated rings. The van der Waals surface area contributed by atoms with Crippen molar-refractivity contribution in [3.05, 3.63) is 29.3 Å². The molecule has 0 amide bonds. The third-order valence-corrected chi connectivity index (χ3v) is 5.56. The van der Waals surface area contributed by atoms with Gasteiger partial charge in [-0.3, -0.25) is 0 Å². The highest BCUT2D eigenvalue weighted by atomic mass is 32.1. The van der Waals surface area contributed by atoms with Crippen LogP contribution in [-0.2, 0) is 0 Å². The normalized spacial score (nSPS) is 28.6. The molecule has 1 aromatic heterocycles.